The molecular weight excluding hydrogens is 436 g/mol. The van der Waals surface area contributed by atoms with Crippen molar-refractivity contribution in [2.24, 2.45) is 0 Å². The van der Waals surface area contributed by atoms with Crippen LogP contribution in [0.2, 0.25) is 0 Å². The highest BCUT2D eigenvalue weighted by Crippen LogP contribution is 2.39. The maximum absolute atomic E-state index is 12.8. The van der Waals surface area contributed by atoms with E-state index in [4.69, 9.17) is 4.74 Å². The topological polar surface area (TPSA) is 105 Å². The molecule has 1 aliphatic heterocycles. The highest BCUT2D eigenvalue weighted by molar-refractivity contribution is 7.99. The number of aliphatic hydroxyl groups is 1. The summed E-state index contributed by atoms with van der Waals surface area (Å²) in [6, 6.07) is 7.51. The molecule has 1 aromatic carbocycles. The minimum absolute atomic E-state index is 0.0876. The van der Waals surface area contributed by atoms with Gasteiger partial charge in [0.15, 0.2) is 0 Å². The van der Waals surface area contributed by atoms with Gasteiger partial charge in [-0.1, -0.05) is 23.9 Å². The number of esters is 1. The Hall–Kier alpha value is -2.95. The number of methoxy groups -OCH3 is 1. The van der Waals surface area contributed by atoms with Gasteiger partial charge in [0.1, 0.15) is 21.9 Å². The molecule has 3 aromatic rings. The molecule has 160 valence electrons. The second kappa shape index (κ2) is 9.04. The summed E-state index contributed by atoms with van der Waals surface area (Å²) < 4.78 is 4.86. The predicted molar refractivity (Wildman–Crippen MR) is 119 cm³/mol. The second-order valence-electron chi connectivity index (χ2n) is 6.80. The first-order valence-electron chi connectivity index (χ1n) is 9.47. The summed E-state index contributed by atoms with van der Waals surface area (Å²) in [4.78, 5) is 37.1. The molecule has 8 nitrogen and oxygen atoms in total. The van der Waals surface area contributed by atoms with Gasteiger partial charge in [0.05, 0.1) is 31.5 Å². The number of amides is 1. The molecule has 0 saturated carbocycles. The summed E-state index contributed by atoms with van der Waals surface area (Å²) in [5.41, 5.74) is 2.17. The van der Waals surface area contributed by atoms with E-state index < -0.39 is 5.97 Å². The van der Waals surface area contributed by atoms with E-state index in [1.54, 1.807) is 17.7 Å². The maximum Gasteiger partial charge on any atom is 0.337 e. The third-order valence-corrected chi connectivity index (χ3v) is 6.91. The van der Waals surface area contributed by atoms with Crippen molar-refractivity contribution >= 4 is 50.9 Å². The van der Waals surface area contributed by atoms with E-state index in [1.165, 1.54) is 23.8 Å². The Morgan fingerprint density at radius 2 is 2.16 bits per heavy atom. The number of carbonyl (C=O) groups excluding carboxylic acids is 2. The number of aromatic nitrogens is 2. The fourth-order valence-electron chi connectivity index (χ4n) is 3.31. The summed E-state index contributed by atoms with van der Waals surface area (Å²) >= 11 is 3.03. The van der Waals surface area contributed by atoms with E-state index in [-0.39, 0.29) is 36.9 Å². The Bertz CT molecular complexity index is 1190. The summed E-state index contributed by atoms with van der Waals surface area (Å²) in [6.07, 6.45) is 1.54. The molecule has 4 rings (SSSR count). The second-order valence-corrected chi connectivity index (χ2v) is 8.69. The van der Waals surface area contributed by atoms with Gasteiger partial charge in [-0.15, -0.1) is 11.3 Å². The largest absolute Gasteiger partial charge is 0.466 e. The smallest absolute Gasteiger partial charge is 0.337 e. The average Bonchev–Trinajstić information content (AvgIpc) is 3.31. The number of carbonyl (C=O) groups is 2. The molecule has 3 heterocycles. The van der Waals surface area contributed by atoms with Crippen molar-refractivity contribution in [2.45, 2.75) is 16.8 Å². The van der Waals surface area contributed by atoms with Crippen molar-refractivity contribution < 1.29 is 19.4 Å². The van der Waals surface area contributed by atoms with Crippen LogP contribution in [0.15, 0.2) is 57.2 Å². The monoisotopic (exact) mass is 456 g/mol. The minimum atomic E-state index is -0.576. The van der Waals surface area contributed by atoms with Gasteiger partial charge in [0, 0.05) is 16.8 Å². The van der Waals surface area contributed by atoms with Crippen molar-refractivity contribution in [2.75, 3.05) is 32.1 Å². The number of nitrogens with zero attached hydrogens (tertiary/aromatic N) is 3. The molecule has 0 radical (unpaired) electrons. The summed E-state index contributed by atoms with van der Waals surface area (Å²) in [5.74, 6) is -0.930. The quantitative estimate of drug-likeness (QED) is 0.413. The number of nitrogens with one attached hydrogen (secondary N) is 1. The van der Waals surface area contributed by atoms with Gasteiger partial charge in [-0.3, -0.25) is 4.79 Å². The van der Waals surface area contributed by atoms with Gasteiger partial charge < -0.3 is 20.1 Å². The number of benzene rings is 1. The number of ether oxygens (including phenoxy) is 1. The lowest BCUT2D eigenvalue weighted by Crippen LogP contribution is -2.31. The fraction of sp³-hybridized carbons (Fsp3) is 0.238. The third-order valence-electron chi connectivity index (χ3n) is 4.83. The van der Waals surface area contributed by atoms with Gasteiger partial charge in [0.25, 0.3) is 5.91 Å². The van der Waals surface area contributed by atoms with Crippen molar-refractivity contribution in [1.29, 1.82) is 0 Å². The fourth-order valence-corrected chi connectivity index (χ4v) is 5.31. The number of anilines is 1. The van der Waals surface area contributed by atoms with Gasteiger partial charge in [0.2, 0.25) is 0 Å². The highest BCUT2D eigenvalue weighted by Gasteiger charge is 2.34. The molecule has 10 heteroatoms. The maximum atomic E-state index is 12.8. The lowest BCUT2D eigenvalue weighted by molar-refractivity contribution is -0.136. The highest BCUT2D eigenvalue weighted by atomic mass is 32.2. The zero-order valence-electron chi connectivity index (χ0n) is 16.9. The first-order chi connectivity index (χ1) is 15.0. The van der Waals surface area contributed by atoms with Crippen LogP contribution in [0.1, 0.15) is 5.56 Å². The van der Waals surface area contributed by atoms with E-state index in [0.717, 1.165) is 25.7 Å². The van der Waals surface area contributed by atoms with Crippen LogP contribution in [0.4, 0.5) is 5.69 Å². The number of aliphatic hydroxyl groups excluding tert-OH is 1. The van der Waals surface area contributed by atoms with E-state index >= 15 is 0 Å². The molecule has 0 bridgehead atoms. The molecule has 1 aliphatic rings. The Labute approximate surface area is 187 Å². The van der Waals surface area contributed by atoms with Crippen LogP contribution in [-0.4, -0.2) is 58.7 Å². The number of rotatable bonds is 7. The Morgan fingerprint density at radius 3 is 2.94 bits per heavy atom. The average molecular weight is 457 g/mol. The van der Waals surface area contributed by atoms with Gasteiger partial charge in [-0.25, -0.2) is 14.8 Å². The molecule has 0 unspecified atom stereocenters. The van der Waals surface area contributed by atoms with Crippen LogP contribution in [0, 0.1) is 6.92 Å². The van der Waals surface area contributed by atoms with Crippen LogP contribution in [0.3, 0.4) is 0 Å². The van der Waals surface area contributed by atoms with Crippen molar-refractivity contribution in [3.63, 3.8) is 0 Å². The SMILES string of the molecule is COC(=O)C1=C(Nc2ccccc2Sc2ncnc3scc(C)c23)C(=O)N(CCO)C1. The van der Waals surface area contributed by atoms with Crippen LogP contribution >= 0.6 is 23.1 Å². The molecular formula is C21H20N4O4S2. The van der Waals surface area contributed by atoms with Crippen LogP contribution in [-0.2, 0) is 14.3 Å². The number of β-amino-alcohol motifs (C(OH)–C–C–N with tert-alkyl or cyclic N) is 1. The number of para-hydroxylation sites is 1. The molecule has 0 atom stereocenters. The lowest BCUT2D eigenvalue weighted by Gasteiger charge is -2.16. The molecule has 0 saturated heterocycles. The summed E-state index contributed by atoms with van der Waals surface area (Å²) in [5, 5.41) is 16.2. The number of hydrogen-bond donors (Lipinski definition) is 2. The summed E-state index contributed by atoms with van der Waals surface area (Å²) in [6.45, 7) is 2.06. The first-order valence-corrected chi connectivity index (χ1v) is 11.2. The molecule has 0 aliphatic carbocycles. The van der Waals surface area contributed by atoms with Crippen molar-refractivity contribution in [3.8, 4) is 0 Å². The Balaban J connectivity index is 1.69. The van der Waals surface area contributed by atoms with Crippen LogP contribution < -0.4 is 5.32 Å². The number of hydrogen-bond acceptors (Lipinski definition) is 9. The third kappa shape index (κ3) is 4.14. The molecule has 1 amide bonds. The van der Waals surface area contributed by atoms with E-state index in [2.05, 4.69) is 15.3 Å². The van der Waals surface area contributed by atoms with Crippen molar-refractivity contribution in [3.05, 3.63) is 52.8 Å². The van der Waals surface area contributed by atoms with Gasteiger partial charge >= 0.3 is 5.97 Å². The summed E-state index contributed by atoms with van der Waals surface area (Å²) in [7, 11) is 1.28. The normalized spacial score (nSPS) is 13.9. The van der Waals surface area contributed by atoms with Crippen LogP contribution in [0.25, 0.3) is 10.2 Å². The molecule has 31 heavy (non-hydrogen) atoms. The molecule has 2 aromatic heterocycles. The minimum Gasteiger partial charge on any atom is -0.466 e. The number of thiophene rings is 1. The molecule has 2 N–H and O–H groups in total. The van der Waals surface area contributed by atoms with Crippen molar-refractivity contribution in [1.82, 2.24) is 14.9 Å². The van der Waals surface area contributed by atoms with Gasteiger partial charge in [-0.05, 0) is 30.0 Å². The lowest BCUT2D eigenvalue weighted by atomic mass is 10.2. The van der Waals surface area contributed by atoms with E-state index in [9.17, 15) is 14.7 Å². The van der Waals surface area contributed by atoms with Gasteiger partial charge in [-0.2, -0.15) is 0 Å². The van der Waals surface area contributed by atoms with E-state index in [0.29, 0.717) is 5.69 Å². The Kier molecular flexibility index (Phi) is 6.21. The predicted octanol–water partition coefficient (Wildman–Crippen LogP) is 2.82. The molecule has 0 fully saturated rings. The zero-order chi connectivity index (χ0) is 22.0. The van der Waals surface area contributed by atoms with E-state index in [1.807, 2.05) is 36.6 Å². The number of aryl methyl sites for hydroxylation is 1. The zero-order valence-corrected chi connectivity index (χ0v) is 18.5. The first kappa shape index (κ1) is 21.3. The Morgan fingerprint density at radius 1 is 1.35 bits per heavy atom. The van der Waals surface area contributed by atoms with Crippen LogP contribution in [0.5, 0.6) is 0 Å². The standard InChI is InChI=1S/C21H20N4O4S2/c1-12-10-30-18-16(12)19(23-11-22-18)31-15-6-4-3-5-14(15)24-17-13(21(28)29-2)9-25(7-8-26)20(17)27/h3-6,10-11,24,26H,7-9H2,1-2H3. The number of fused-ring (bicyclic) bond motifs is 1. The molecule has 0 spiro atoms.